The molecule has 0 aliphatic heterocycles. The number of carbonyl (C=O) groups excluding carboxylic acids is 1. The highest BCUT2D eigenvalue weighted by Crippen LogP contribution is 2.31. The second-order valence-corrected chi connectivity index (χ2v) is 5.50. The largest absolute Gasteiger partial charge is 0.497 e. The molecule has 1 unspecified atom stereocenters. The number of hydrogen-bond acceptors (Lipinski definition) is 3. The van der Waals surface area contributed by atoms with E-state index in [9.17, 15) is 4.79 Å². The summed E-state index contributed by atoms with van der Waals surface area (Å²) < 4.78 is 5.08. The quantitative estimate of drug-likeness (QED) is 0.828. The summed E-state index contributed by atoms with van der Waals surface area (Å²) in [6.45, 7) is 2.04. The van der Waals surface area contributed by atoms with Crippen molar-refractivity contribution in [1.82, 2.24) is 0 Å². The van der Waals surface area contributed by atoms with Crippen molar-refractivity contribution in [2.45, 2.75) is 12.2 Å². The van der Waals surface area contributed by atoms with E-state index in [4.69, 9.17) is 4.74 Å². The number of hydrogen-bond donors (Lipinski definition) is 0. The van der Waals surface area contributed by atoms with E-state index in [1.807, 2.05) is 37.3 Å². The molecule has 19 heavy (non-hydrogen) atoms. The lowest BCUT2D eigenvalue weighted by molar-refractivity contribution is 0.108. The van der Waals surface area contributed by atoms with Gasteiger partial charge in [-0.3, -0.25) is 4.79 Å². The summed E-state index contributed by atoms with van der Waals surface area (Å²) in [7, 11) is 1.61. The minimum atomic E-state index is 0.0824. The molecule has 3 heteroatoms. The van der Waals surface area contributed by atoms with Crippen molar-refractivity contribution in [2.75, 3.05) is 7.11 Å². The Balaban J connectivity index is 2.04. The Morgan fingerprint density at radius 2 is 1.68 bits per heavy atom. The Bertz CT molecular complexity index is 534. The second kappa shape index (κ2) is 6.43. The smallest absolute Gasteiger partial charge is 0.219 e. The number of thioether (sulfide) groups is 1. The highest BCUT2D eigenvalue weighted by molar-refractivity contribution is 8.14. The summed E-state index contributed by atoms with van der Waals surface area (Å²) in [6, 6.07) is 17.2. The zero-order valence-electron chi connectivity index (χ0n) is 11.0. The molecule has 0 saturated carbocycles. The van der Waals surface area contributed by atoms with Crippen LogP contribution < -0.4 is 4.74 Å². The fourth-order valence-corrected chi connectivity index (χ4v) is 2.63. The van der Waals surface area contributed by atoms with Crippen molar-refractivity contribution < 1.29 is 9.53 Å². The molecule has 0 radical (unpaired) electrons. The summed E-state index contributed by atoms with van der Waals surface area (Å²) in [6.07, 6.45) is 0. The first-order valence-electron chi connectivity index (χ1n) is 6.10. The maximum Gasteiger partial charge on any atom is 0.219 e. The van der Waals surface area contributed by atoms with Crippen molar-refractivity contribution >= 4 is 16.9 Å². The van der Waals surface area contributed by atoms with Crippen LogP contribution in [0.15, 0.2) is 54.6 Å². The minimum Gasteiger partial charge on any atom is -0.497 e. The summed E-state index contributed by atoms with van der Waals surface area (Å²) in [5.41, 5.74) is 1.86. The molecule has 0 fully saturated rings. The van der Waals surface area contributed by atoms with E-state index >= 15 is 0 Å². The van der Waals surface area contributed by atoms with E-state index in [1.165, 1.54) is 11.8 Å². The van der Waals surface area contributed by atoms with Gasteiger partial charge in [-0.1, -0.05) is 42.1 Å². The molecule has 0 aromatic heterocycles. The first-order chi connectivity index (χ1) is 9.20. The molecule has 2 aromatic rings. The zero-order valence-corrected chi connectivity index (χ0v) is 11.8. The van der Waals surface area contributed by atoms with Crippen LogP contribution in [-0.2, 0) is 0 Å². The highest BCUT2D eigenvalue weighted by atomic mass is 32.2. The lowest BCUT2D eigenvalue weighted by atomic mass is 10.2. The SMILES string of the molecule is COc1ccc(C(=O)SC(C)c2ccccc2)cc1. The number of carbonyl (C=O) groups is 1. The third-order valence-corrected chi connectivity index (χ3v) is 3.95. The average molecular weight is 272 g/mol. The lowest BCUT2D eigenvalue weighted by Crippen LogP contribution is -1.98. The number of methoxy groups -OCH3 is 1. The van der Waals surface area contributed by atoms with Crippen molar-refractivity contribution in [3.05, 3.63) is 65.7 Å². The first kappa shape index (κ1) is 13.7. The van der Waals surface area contributed by atoms with Crippen LogP contribution in [0, 0.1) is 0 Å². The van der Waals surface area contributed by atoms with Gasteiger partial charge >= 0.3 is 0 Å². The van der Waals surface area contributed by atoms with Crippen LogP contribution in [0.2, 0.25) is 0 Å². The molecular weight excluding hydrogens is 256 g/mol. The van der Waals surface area contributed by atoms with Gasteiger partial charge in [0.2, 0.25) is 5.12 Å². The Labute approximate surface area is 117 Å². The van der Waals surface area contributed by atoms with Crippen molar-refractivity contribution in [2.24, 2.45) is 0 Å². The van der Waals surface area contributed by atoms with Gasteiger partial charge in [0.05, 0.1) is 7.11 Å². The molecule has 2 nitrogen and oxygen atoms in total. The average Bonchev–Trinajstić information content (AvgIpc) is 2.48. The van der Waals surface area contributed by atoms with Crippen molar-refractivity contribution in [3.63, 3.8) is 0 Å². The molecule has 0 heterocycles. The molecule has 2 rings (SSSR count). The molecule has 0 aliphatic carbocycles. The maximum atomic E-state index is 12.2. The number of benzene rings is 2. The van der Waals surface area contributed by atoms with Crippen LogP contribution in [0.25, 0.3) is 0 Å². The zero-order chi connectivity index (χ0) is 13.7. The van der Waals surface area contributed by atoms with Crippen molar-refractivity contribution in [1.29, 1.82) is 0 Å². The Morgan fingerprint density at radius 3 is 2.26 bits per heavy atom. The van der Waals surface area contributed by atoms with Crippen LogP contribution in [0.5, 0.6) is 5.75 Å². The van der Waals surface area contributed by atoms with E-state index in [0.29, 0.717) is 5.56 Å². The van der Waals surface area contributed by atoms with Gasteiger partial charge in [0.15, 0.2) is 0 Å². The third kappa shape index (κ3) is 3.61. The molecule has 0 spiro atoms. The highest BCUT2D eigenvalue weighted by Gasteiger charge is 2.13. The van der Waals surface area contributed by atoms with Gasteiger partial charge in [-0.2, -0.15) is 0 Å². The topological polar surface area (TPSA) is 26.3 Å². The minimum absolute atomic E-state index is 0.0824. The second-order valence-electron chi connectivity index (χ2n) is 4.19. The summed E-state index contributed by atoms with van der Waals surface area (Å²) in [5, 5.41) is 0.231. The number of ether oxygens (including phenoxy) is 1. The van der Waals surface area contributed by atoms with Gasteiger partial charge in [0.25, 0.3) is 0 Å². The molecule has 0 N–H and O–H groups in total. The molecule has 0 bridgehead atoms. The summed E-state index contributed by atoms with van der Waals surface area (Å²) in [5.74, 6) is 0.762. The monoisotopic (exact) mass is 272 g/mol. The van der Waals surface area contributed by atoms with Gasteiger partial charge in [-0.05, 0) is 36.8 Å². The van der Waals surface area contributed by atoms with E-state index in [1.54, 1.807) is 31.4 Å². The van der Waals surface area contributed by atoms with E-state index < -0.39 is 0 Å². The fourth-order valence-electron chi connectivity index (χ4n) is 1.75. The van der Waals surface area contributed by atoms with E-state index in [2.05, 4.69) is 0 Å². The molecule has 2 aromatic carbocycles. The molecule has 0 amide bonds. The normalized spacial score (nSPS) is 11.9. The predicted octanol–water partition coefficient (Wildman–Crippen LogP) is 4.33. The first-order valence-corrected chi connectivity index (χ1v) is 6.98. The third-order valence-electron chi connectivity index (χ3n) is 2.88. The molecule has 0 aliphatic rings. The van der Waals surface area contributed by atoms with Gasteiger partial charge in [0.1, 0.15) is 5.75 Å². The Morgan fingerprint density at radius 1 is 1.05 bits per heavy atom. The van der Waals surface area contributed by atoms with Crippen LogP contribution >= 0.6 is 11.8 Å². The van der Waals surface area contributed by atoms with Crippen LogP contribution in [-0.4, -0.2) is 12.2 Å². The Kier molecular flexibility index (Phi) is 4.63. The van der Waals surface area contributed by atoms with Gasteiger partial charge in [-0.15, -0.1) is 0 Å². The van der Waals surface area contributed by atoms with Crippen LogP contribution in [0.4, 0.5) is 0 Å². The molecule has 98 valence electrons. The molecular formula is C16H16O2S. The van der Waals surface area contributed by atoms with Crippen molar-refractivity contribution in [3.8, 4) is 5.75 Å². The molecule has 0 saturated heterocycles. The fraction of sp³-hybridized carbons (Fsp3) is 0.188. The lowest BCUT2D eigenvalue weighted by Gasteiger charge is -2.10. The van der Waals surface area contributed by atoms with E-state index in [0.717, 1.165) is 11.3 Å². The van der Waals surface area contributed by atoms with Gasteiger partial charge in [-0.25, -0.2) is 0 Å². The van der Waals surface area contributed by atoms with E-state index in [-0.39, 0.29) is 10.4 Å². The standard InChI is InChI=1S/C16H16O2S/c1-12(13-6-4-3-5-7-13)19-16(17)14-8-10-15(18-2)11-9-14/h3-12H,1-2H3. The predicted molar refractivity (Wildman–Crippen MR) is 79.8 cm³/mol. The number of rotatable bonds is 4. The van der Waals surface area contributed by atoms with Gasteiger partial charge in [0, 0.05) is 10.8 Å². The summed E-state index contributed by atoms with van der Waals surface area (Å²) in [4.78, 5) is 12.2. The molecule has 1 atom stereocenters. The van der Waals surface area contributed by atoms with Gasteiger partial charge < -0.3 is 4.74 Å². The Hall–Kier alpha value is -1.74. The summed E-state index contributed by atoms with van der Waals surface area (Å²) >= 11 is 1.34. The van der Waals surface area contributed by atoms with Crippen LogP contribution in [0.1, 0.15) is 28.1 Å². The van der Waals surface area contributed by atoms with Crippen LogP contribution in [0.3, 0.4) is 0 Å². The maximum absolute atomic E-state index is 12.2.